The molecule has 0 fully saturated rings. The summed E-state index contributed by atoms with van der Waals surface area (Å²) in [5.74, 6) is 0.931. The molecule has 1 aromatic heterocycles. The zero-order valence-electron chi connectivity index (χ0n) is 14.4. The van der Waals surface area contributed by atoms with Crippen LogP contribution in [0.4, 0.5) is 5.95 Å². The van der Waals surface area contributed by atoms with Crippen LogP contribution in [0.15, 0.2) is 53.4 Å². The van der Waals surface area contributed by atoms with Gasteiger partial charge in [-0.1, -0.05) is 38.1 Å². The zero-order valence-corrected chi connectivity index (χ0v) is 15.2. The van der Waals surface area contributed by atoms with E-state index in [0.717, 1.165) is 23.0 Å². The van der Waals surface area contributed by atoms with Gasteiger partial charge in [0.05, 0.1) is 22.5 Å². The maximum atomic E-state index is 13.1. The van der Waals surface area contributed by atoms with Gasteiger partial charge in [0.15, 0.2) is 0 Å². The molecule has 0 amide bonds. The van der Waals surface area contributed by atoms with Crippen molar-refractivity contribution in [1.29, 1.82) is 0 Å². The van der Waals surface area contributed by atoms with Crippen molar-refractivity contribution in [2.75, 3.05) is 10.8 Å². The summed E-state index contributed by atoms with van der Waals surface area (Å²) in [6, 6.07) is 15.0. The topological polar surface area (TPSA) is 55.2 Å². The average molecular weight is 355 g/mol. The monoisotopic (exact) mass is 355 g/mol. The van der Waals surface area contributed by atoms with E-state index in [4.69, 9.17) is 0 Å². The second kappa shape index (κ2) is 5.88. The second-order valence-corrected chi connectivity index (χ2v) is 8.37. The Kier molecular flexibility index (Phi) is 3.80. The molecule has 4 rings (SSSR count). The van der Waals surface area contributed by atoms with Crippen molar-refractivity contribution >= 4 is 27.0 Å². The number of imidazole rings is 1. The molecule has 6 heteroatoms. The highest BCUT2D eigenvalue weighted by Gasteiger charge is 2.33. The lowest BCUT2D eigenvalue weighted by atomic mass is 9.99. The first kappa shape index (κ1) is 16.1. The van der Waals surface area contributed by atoms with Gasteiger partial charge in [-0.15, -0.1) is 0 Å². The van der Waals surface area contributed by atoms with E-state index >= 15 is 0 Å². The van der Waals surface area contributed by atoms with Crippen LogP contribution < -0.4 is 4.31 Å². The van der Waals surface area contributed by atoms with Crippen molar-refractivity contribution in [3.05, 3.63) is 54.1 Å². The Labute approximate surface area is 148 Å². The molecule has 0 bridgehead atoms. The smallest absolute Gasteiger partial charge is 0.266 e. The molecule has 0 saturated carbocycles. The van der Waals surface area contributed by atoms with Gasteiger partial charge in [0.1, 0.15) is 0 Å². The number of sulfonamides is 1. The van der Waals surface area contributed by atoms with Crippen molar-refractivity contribution in [3.8, 4) is 0 Å². The third-order valence-corrected chi connectivity index (χ3v) is 6.83. The minimum atomic E-state index is -3.60. The molecule has 3 aromatic rings. The number of nitrogens with zero attached hydrogens (tertiary/aromatic N) is 3. The standard InChI is InChI=1S/C19H21N3O2S/c1-3-14(2)15-8-10-16(11-9-15)25(23,24)22-13-12-21-18-7-5-4-6-17(18)20-19(21)22/h4-11,14H,3,12-13H2,1-2H3/t14-/m1/s1. The van der Waals surface area contributed by atoms with Crippen LogP contribution in [0.3, 0.4) is 0 Å². The normalized spacial score (nSPS) is 15.5. The van der Waals surface area contributed by atoms with E-state index < -0.39 is 10.0 Å². The molecular formula is C19H21N3O2S. The molecular weight excluding hydrogens is 334 g/mol. The predicted octanol–water partition coefficient (Wildman–Crippen LogP) is 3.76. The molecule has 25 heavy (non-hydrogen) atoms. The van der Waals surface area contributed by atoms with Gasteiger partial charge in [0.25, 0.3) is 10.0 Å². The lowest BCUT2D eigenvalue weighted by molar-refractivity contribution is 0.591. The summed E-state index contributed by atoms with van der Waals surface area (Å²) in [5.41, 5.74) is 2.96. The van der Waals surface area contributed by atoms with E-state index in [0.29, 0.717) is 29.9 Å². The molecule has 1 aliphatic rings. The molecule has 1 aliphatic heterocycles. The van der Waals surface area contributed by atoms with Gasteiger partial charge in [-0.25, -0.2) is 17.7 Å². The summed E-state index contributed by atoms with van der Waals surface area (Å²) in [6.07, 6.45) is 1.03. The summed E-state index contributed by atoms with van der Waals surface area (Å²) < 4.78 is 29.6. The van der Waals surface area contributed by atoms with Crippen LogP contribution in [0.2, 0.25) is 0 Å². The molecule has 0 saturated heterocycles. The van der Waals surface area contributed by atoms with Crippen LogP contribution in [0.25, 0.3) is 11.0 Å². The Morgan fingerprint density at radius 3 is 2.52 bits per heavy atom. The van der Waals surface area contributed by atoms with Crippen LogP contribution in [-0.2, 0) is 16.6 Å². The molecule has 0 unspecified atom stereocenters. The first-order valence-electron chi connectivity index (χ1n) is 8.60. The number of anilines is 1. The van der Waals surface area contributed by atoms with Crippen LogP contribution >= 0.6 is 0 Å². The highest BCUT2D eigenvalue weighted by molar-refractivity contribution is 7.92. The summed E-state index contributed by atoms with van der Waals surface area (Å²) in [7, 11) is -3.60. The molecule has 5 nitrogen and oxygen atoms in total. The van der Waals surface area contributed by atoms with E-state index in [-0.39, 0.29) is 0 Å². The van der Waals surface area contributed by atoms with E-state index in [1.54, 1.807) is 12.1 Å². The van der Waals surface area contributed by atoms with Crippen LogP contribution in [0.1, 0.15) is 31.7 Å². The lowest BCUT2D eigenvalue weighted by Gasteiger charge is -2.17. The molecule has 0 radical (unpaired) electrons. The molecule has 2 heterocycles. The Balaban J connectivity index is 1.73. The molecule has 0 N–H and O–H groups in total. The lowest BCUT2D eigenvalue weighted by Crippen LogP contribution is -2.29. The summed E-state index contributed by atoms with van der Waals surface area (Å²) in [6.45, 7) is 5.32. The van der Waals surface area contributed by atoms with E-state index in [1.807, 2.05) is 41.0 Å². The van der Waals surface area contributed by atoms with Crippen molar-refractivity contribution in [2.45, 2.75) is 37.6 Å². The number of hydrogen-bond acceptors (Lipinski definition) is 3. The third kappa shape index (κ3) is 2.52. The fourth-order valence-corrected chi connectivity index (χ4v) is 4.73. The molecule has 0 aliphatic carbocycles. The Morgan fingerprint density at radius 1 is 1.08 bits per heavy atom. The first-order chi connectivity index (χ1) is 12.0. The van der Waals surface area contributed by atoms with E-state index in [9.17, 15) is 8.42 Å². The van der Waals surface area contributed by atoms with E-state index in [2.05, 4.69) is 18.8 Å². The van der Waals surface area contributed by atoms with Gasteiger partial charge in [-0.3, -0.25) is 0 Å². The number of benzene rings is 2. The van der Waals surface area contributed by atoms with Gasteiger partial charge in [-0.05, 0) is 42.2 Å². The summed E-state index contributed by atoms with van der Waals surface area (Å²) in [5, 5.41) is 0. The summed E-state index contributed by atoms with van der Waals surface area (Å²) in [4.78, 5) is 4.85. The maximum Gasteiger partial charge on any atom is 0.266 e. The average Bonchev–Trinajstić information content (AvgIpc) is 3.20. The van der Waals surface area contributed by atoms with Crippen LogP contribution in [-0.4, -0.2) is 24.5 Å². The summed E-state index contributed by atoms with van der Waals surface area (Å²) >= 11 is 0. The number of fused-ring (bicyclic) bond motifs is 3. The van der Waals surface area contributed by atoms with Crippen molar-refractivity contribution in [1.82, 2.24) is 9.55 Å². The minimum Gasteiger partial charge on any atom is -0.307 e. The quantitative estimate of drug-likeness (QED) is 0.716. The first-order valence-corrected chi connectivity index (χ1v) is 10.0. The third-order valence-electron chi connectivity index (χ3n) is 5.03. The van der Waals surface area contributed by atoms with Gasteiger partial charge >= 0.3 is 0 Å². The largest absolute Gasteiger partial charge is 0.307 e. The SMILES string of the molecule is CC[C@@H](C)c1ccc(S(=O)(=O)N2CCn3c2nc2ccccc23)cc1. The fraction of sp³-hybridized carbons (Fsp3) is 0.316. The fourth-order valence-electron chi connectivity index (χ4n) is 3.32. The number of aromatic nitrogens is 2. The highest BCUT2D eigenvalue weighted by Crippen LogP contribution is 2.32. The van der Waals surface area contributed by atoms with Crippen molar-refractivity contribution in [2.24, 2.45) is 0 Å². The van der Waals surface area contributed by atoms with E-state index in [1.165, 1.54) is 4.31 Å². The van der Waals surface area contributed by atoms with Crippen LogP contribution in [0, 0.1) is 0 Å². The number of hydrogen-bond donors (Lipinski definition) is 0. The Hall–Kier alpha value is -2.34. The number of rotatable bonds is 4. The predicted molar refractivity (Wildman–Crippen MR) is 99.4 cm³/mol. The minimum absolute atomic E-state index is 0.319. The second-order valence-electron chi connectivity index (χ2n) is 6.51. The molecule has 0 spiro atoms. The Bertz CT molecular complexity index is 1020. The van der Waals surface area contributed by atoms with Crippen molar-refractivity contribution in [3.63, 3.8) is 0 Å². The zero-order chi connectivity index (χ0) is 17.6. The molecule has 130 valence electrons. The van der Waals surface area contributed by atoms with Gasteiger partial charge in [-0.2, -0.15) is 0 Å². The van der Waals surface area contributed by atoms with Crippen LogP contribution in [0.5, 0.6) is 0 Å². The van der Waals surface area contributed by atoms with Gasteiger partial charge in [0.2, 0.25) is 5.95 Å². The van der Waals surface area contributed by atoms with Gasteiger partial charge < -0.3 is 4.57 Å². The highest BCUT2D eigenvalue weighted by atomic mass is 32.2. The van der Waals surface area contributed by atoms with Gasteiger partial charge in [0, 0.05) is 6.54 Å². The molecule has 2 aromatic carbocycles. The maximum absolute atomic E-state index is 13.1. The van der Waals surface area contributed by atoms with Crippen molar-refractivity contribution < 1.29 is 8.42 Å². The number of para-hydroxylation sites is 2. The molecule has 1 atom stereocenters. The Morgan fingerprint density at radius 2 is 1.80 bits per heavy atom.